The smallest absolute Gasteiger partial charge is 0.317 e. The molecule has 0 aromatic carbocycles. The number of carbonyl (C=O) groups is 2. The first-order valence-electron chi connectivity index (χ1n) is 10.5. The SMILES string of the molecule is CO[C@H]1C(=O)N(C2CCN(C(=O)NC3CCCCC3)CC2)[C@H]1c1ccncc1. The monoisotopic (exact) mass is 386 g/mol. The van der Waals surface area contributed by atoms with Gasteiger partial charge in [-0.2, -0.15) is 0 Å². The maximum atomic E-state index is 12.6. The van der Waals surface area contributed by atoms with Gasteiger partial charge in [0.1, 0.15) is 0 Å². The zero-order valence-corrected chi connectivity index (χ0v) is 16.5. The Morgan fingerprint density at radius 1 is 1.11 bits per heavy atom. The maximum absolute atomic E-state index is 12.6. The maximum Gasteiger partial charge on any atom is 0.317 e. The second-order valence-electron chi connectivity index (χ2n) is 8.13. The van der Waals surface area contributed by atoms with Crippen LogP contribution in [0.3, 0.4) is 0 Å². The highest BCUT2D eigenvalue weighted by molar-refractivity contribution is 5.89. The lowest BCUT2D eigenvalue weighted by Gasteiger charge is -2.52. The van der Waals surface area contributed by atoms with Crippen molar-refractivity contribution in [3.05, 3.63) is 30.1 Å². The Hall–Kier alpha value is -2.15. The largest absolute Gasteiger partial charge is 0.369 e. The highest BCUT2D eigenvalue weighted by Gasteiger charge is 2.51. The number of urea groups is 1. The van der Waals surface area contributed by atoms with Gasteiger partial charge in [-0.15, -0.1) is 0 Å². The fourth-order valence-electron chi connectivity index (χ4n) is 4.88. The van der Waals surface area contributed by atoms with Gasteiger partial charge in [0, 0.05) is 44.7 Å². The van der Waals surface area contributed by atoms with Crippen LogP contribution in [0.15, 0.2) is 24.5 Å². The molecule has 7 heteroatoms. The van der Waals surface area contributed by atoms with Crippen LogP contribution in [0.5, 0.6) is 0 Å². The number of methoxy groups -OCH3 is 1. The summed E-state index contributed by atoms with van der Waals surface area (Å²) in [4.78, 5) is 33.2. The molecule has 3 fully saturated rings. The Morgan fingerprint density at radius 3 is 2.43 bits per heavy atom. The fraction of sp³-hybridized carbons (Fsp3) is 0.667. The number of ether oxygens (including phenoxy) is 1. The number of piperidine rings is 1. The summed E-state index contributed by atoms with van der Waals surface area (Å²) in [6, 6.07) is 4.37. The summed E-state index contributed by atoms with van der Waals surface area (Å²) in [7, 11) is 1.59. The number of rotatable bonds is 4. The summed E-state index contributed by atoms with van der Waals surface area (Å²) in [5, 5.41) is 3.20. The van der Waals surface area contributed by atoms with Crippen LogP contribution in [0.4, 0.5) is 4.79 Å². The van der Waals surface area contributed by atoms with Crippen molar-refractivity contribution in [1.29, 1.82) is 0 Å². The number of pyridine rings is 1. The number of carbonyl (C=O) groups excluding carboxylic acids is 2. The van der Waals surface area contributed by atoms with E-state index in [-0.39, 0.29) is 24.0 Å². The molecular formula is C21H30N4O3. The lowest BCUT2D eigenvalue weighted by molar-refractivity contribution is -0.178. The van der Waals surface area contributed by atoms with Gasteiger partial charge >= 0.3 is 6.03 Å². The molecule has 2 aliphatic heterocycles. The Kier molecular flexibility index (Phi) is 5.80. The van der Waals surface area contributed by atoms with E-state index in [1.807, 2.05) is 21.9 Å². The zero-order valence-electron chi connectivity index (χ0n) is 16.5. The predicted molar refractivity (Wildman–Crippen MR) is 105 cm³/mol. The normalized spacial score (nSPS) is 26.8. The van der Waals surface area contributed by atoms with Gasteiger partial charge < -0.3 is 19.9 Å². The minimum atomic E-state index is -0.421. The molecule has 0 unspecified atom stereocenters. The highest BCUT2D eigenvalue weighted by atomic mass is 16.5. The van der Waals surface area contributed by atoms with Crippen molar-refractivity contribution < 1.29 is 14.3 Å². The van der Waals surface area contributed by atoms with Gasteiger partial charge in [-0.25, -0.2) is 4.79 Å². The predicted octanol–water partition coefficient (Wildman–Crippen LogP) is 2.49. The van der Waals surface area contributed by atoms with E-state index in [0.717, 1.165) is 31.2 Å². The Morgan fingerprint density at radius 2 is 1.79 bits per heavy atom. The number of nitrogens with one attached hydrogen (secondary N) is 1. The first-order chi connectivity index (χ1) is 13.7. The van der Waals surface area contributed by atoms with Crippen molar-refractivity contribution in [3.8, 4) is 0 Å². The Labute approximate surface area is 166 Å². The molecule has 3 aliphatic rings. The van der Waals surface area contributed by atoms with Crippen molar-refractivity contribution in [2.75, 3.05) is 20.2 Å². The van der Waals surface area contributed by atoms with Crippen LogP contribution in [-0.2, 0) is 9.53 Å². The van der Waals surface area contributed by atoms with Gasteiger partial charge in [0.15, 0.2) is 6.10 Å². The lowest BCUT2D eigenvalue weighted by Crippen LogP contribution is -2.64. The van der Waals surface area contributed by atoms with Crippen molar-refractivity contribution in [1.82, 2.24) is 20.1 Å². The van der Waals surface area contributed by atoms with E-state index >= 15 is 0 Å². The summed E-state index contributed by atoms with van der Waals surface area (Å²) in [5.74, 6) is 0.0504. The molecule has 152 valence electrons. The summed E-state index contributed by atoms with van der Waals surface area (Å²) in [5.41, 5.74) is 1.05. The molecule has 1 aromatic heterocycles. The van der Waals surface area contributed by atoms with Crippen molar-refractivity contribution >= 4 is 11.9 Å². The molecule has 3 amide bonds. The molecule has 4 rings (SSSR count). The van der Waals surface area contributed by atoms with Crippen LogP contribution in [0.1, 0.15) is 56.6 Å². The lowest BCUT2D eigenvalue weighted by atomic mass is 9.86. The fourth-order valence-corrected chi connectivity index (χ4v) is 4.88. The molecule has 2 atom stereocenters. The van der Waals surface area contributed by atoms with Gasteiger partial charge in [-0.1, -0.05) is 19.3 Å². The van der Waals surface area contributed by atoms with Crippen LogP contribution in [-0.4, -0.2) is 65.1 Å². The summed E-state index contributed by atoms with van der Waals surface area (Å²) in [6.45, 7) is 1.38. The van der Waals surface area contributed by atoms with Crippen molar-refractivity contribution in [2.24, 2.45) is 0 Å². The Bertz CT molecular complexity index is 684. The highest BCUT2D eigenvalue weighted by Crippen LogP contribution is 2.40. The second-order valence-corrected chi connectivity index (χ2v) is 8.13. The van der Waals surface area contributed by atoms with E-state index in [1.165, 1.54) is 19.3 Å². The molecule has 1 N–H and O–H groups in total. The van der Waals surface area contributed by atoms with Crippen LogP contribution in [0, 0.1) is 0 Å². The van der Waals surface area contributed by atoms with Crippen LogP contribution in [0.25, 0.3) is 0 Å². The number of nitrogens with zero attached hydrogens (tertiary/aromatic N) is 3. The molecule has 0 radical (unpaired) electrons. The molecule has 1 aliphatic carbocycles. The third kappa shape index (κ3) is 3.72. The number of hydrogen-bond donors (Lipinski definition) is 1. The Balaban J connectivity index is 1.35. The molecule has 2 saturated heterocycles. The zero-order chi connectivity index (χ0) is 19.5. The standard InChI is InChI=1S/C21H30N4O3/c1-28-19-18(15-7-11-22-12-8-15)25(20(19)26)17-9-13-24(14-10-17)21(27)23-16-5-3-2-4-6-16/h7-8,11-12,16-19H,2-6,9-10,13-14H2,1H3,(H,23,27)/t18-,19+/m0/s1. The van der Waals surface area contributed by atoms with Gasteiger partial charge in [-0.3, -0.25) is 9.78 Å². The van der Waals surface area contributed by atoms with Crippen LogP contribution in [0.2, 0.25) is 0 Å². The molecule has 1 saturated carbocycles. The van der Waals surface area contributed by atoms with Crippen molar-refractivity contribution in [3.63, 3.8) is 0 Å². The molecule has 7 nitrogen and oxygen atoms in total. The average Bonchev–Trinajstić information content (AvgIpc) is 2.74. The second kappa shape index (κ2) is 8.47. The van der Waals surface area contributed by atoms with Crippen molar-refractivity contribution in [2.45, 2.75) is 69.2 Å². The quantitative estimate of drug-likeness (QED) is 0.807. The van der Waals surface area contributed by atoms with E-state index in [2.05, 4.69) is 10.3 Å². The van der Waals surface area contributed by atoms with Gasteiger partial charge in [0.25, 0.3) is 5.91 Å². The molecule has 28 heavy (non-hydrogen) atoms. The number of amides is 3. The summed E-state index contributed by atoms with van der Waals surface area (Å²) in [6.07, 6.45) is 10.6. The molecular weight excluding hydrogens is 356 g/mol. The van der Waals surface area contributed by atoms with E-state index in [0.29, 0.717) is 19.1 Å². The van der Waals surface area contributed by atoms with Crippen LogP contribution >= 0.6 is 0 Å². The van der Waals surface area contributed by atoms with Gasteiger partial charge in [-0.05, 0) is 43.4 Å². The summed E-state index contributed by atoms with van der Waals surface area (Å²) >= 11 is 0. The number of hydrogen-bond acceptors (Lipinski definition) is 4. The number of β-lactam (4-membered cyclic amide) rings is 1. The van der Waals surface area contributed by atoms with E-state index in [9.17, 15) is 9.59 Å². The topological polar surface area (TPSA) is 74.8 Å². The van der Waals surface area contributed by atoms with Gasteiger partial charge in [0.2, 0.25) is 0 Å². The van der Waals surface area contributed by atoms with E-state index in [4.69, 9.17) is 4.74 Å². The average molecular weight is 386 g/mol. The third-order valence-electron chi connectivity index (χ3n) is 6.46. The minimum Gasteiger partial charge on any atom is -0.369 e. The summed E-state index contributed by atoms with van der Waals surface area (Å²) < 4.78 is 5.44. The molecule has 1 aromatic rings. The van der Waals surface area contributed by atoms with Crippen LogP contribution < -0.4 is 5.32 Å². The van der Waals surface area contributed by atoms with E-state index in [1.54, 1.807) is 19.5 Å². The molecule has 3 heterocycles. The first kappa shape index (κ1) is 19.2. The third-order valence-corrected chi connectivity index (χ3v) is 6.46. The number of aromatic nitrogens is 1. The van der Waals surface area contributed by atoms with E-state index < -0.39 is 6.10 Å². The number of likely N-dealkylation sites (tertiary alicyclic amines) is 2. The first-order valence-corrected chi connectivity index (χ1v) is 10.5. The minimum absolute atomic E-state index is 0.0504. The van der Waals surface area contributed by atoms with Gasteiger partial charge in [0.05, 0.1) is 6.04 Å². The molecule has 0 bridgehead atoms. The molecule has 0 spiro atoms.